The lowest BCUT2D eigenvalue weighted by molar-refractivity contribution is -0.138. The molecule has 0 radical (unpaired) electrons. The average molecular weight is 503 g/mol. The number of nitrogens with zero attached hydrogens (tertiary/aromatic N) is 2. The molecule has 2 aliphatic heterocycles. The predicted octanol–water partition coefficient (Wildman–Crippen LogP) is 6.39. The Hall–Kier alpha value is -2.29. The predicted molar refractivity (Wildman–Crippen MR) is 129 cm³/mol. The van der Waals surface area contributed by atoms with Crippen molar-refractivity contribution in [2.45, 2.75) is 83.3 Å². The highest BCUT2D eigenvalue weighted by Gasteiger charge is 2.53. The van der Waals surface area contributed by atoms with E-state index in [9.17, 15) is 18.3 Å². The zero-order chi connectivity index (χ0) is 26.0. The Kier molecular flexibility index (Phi) is 6.09. The summed E-state index contributed by atoms with van der Waals surface area (Å²) in [5.41, 5.74) is 3.35. The standard InChI is InChI=1S/C28H33F3N2O3/c1-6-16-11-17(28(29,30)31)14-32-24(16)25-21-22(27(36-25)7-9-35-10-8-27)20-18(33-23(21)15(2)3)12-26(4,5)13-19(20)34/h6,11,14-15,19,25,34H,1,7-10,12-13H2,2-5H3. The minimum Gasteiger partial charge on any atom is -0.388 e. The number of halogens is 3. The second-order valence-corrected chi connectivity index (χ2v) is 11.4. The van der Waals surface area contributed by atoms with E-state index >= 15 is 0 Å². The fourth-order valence-electron chi connectivity index (χ4n) is 6.16. The maximum Gasteiger partial charge on any atom is 0.417 e. The Balaban J connectivity index is 1.79. The highest BCUT2D eigenvalue weighted by atomic mass is 19.4. The molecule has 2 aromatic heterocycles. The molecule has 2 aromatic rings. The normalized spacial score (nSPS) is 24.6. The molecule has 1 fully saturated rings. The van der Waals surface area contributed by atoms with E-state index in [2.05, 4.69) is 39.3 Å². The summed E-state index contributed by atoms with van der Waals surface area (Å²) in [4.78, 5) is 9.38. The topological polar surface area (TPSA) is 64.5 Å². The molecule has 0 saturated carbocycles. The van der Waals surface area contributed by atoms with Crippen molar-refractivity contribution in [2.24, 2.45) is 5.41 Å². The van der Waals surface area contributed by atoms with Gasteiger partial charge in [-0.2, -0.15) is 13.2 Å². The van der Waals surface area contributed by atoms with Gasteiger partial charge in [0.2, 0.25) is 0 Å². The van der Waals surface area contributed by atoms with Gasteiger partial charge >= 0.3 is 6.18 Å². The summed E-state index contributed by atoms with van der Waals surface area (Å²) in [7, 11) is 0. The van der Waals surface area contributed by atoms with Crippen LogP contribution in [0.2, 0.25) is 0 Å². The molecule has 8 heteroatoms. The van der Waals surface area contributed by atoms with Crippen molar-refractivity contribution < 1.29 is 27.8 Å². The van der Waals surface area contributed by atoms with E-state index in [1.807, 2.05) is 0 Å². The summed E-state index contributed by atoms with van der Waals surface area (Å²) < 4.78 is 52.9. The fourth-order valence-corrected chi connectivity index (χ4v) is 6.16. The Labute approximate surface area is 209 Å². The first-order valence-electron chi connectivity index (χ1n) is 12.6. The van der Waals surface area contributed by atoms with Crippen molar-refractivity contribution in [1.82, 2.24) is 9.97 Å². The number of aromatic nitrogens is 2. The molecule has 3 aliphatic rings. The van der Waals surface area contributed by atoms with E-state index < -0.39 is 29.5 Å². The molecule has 4 heterocycles. The number of ether oxygens (including phenoxy) is 2. The molecule has 5 nitrogen and oxygen atoms in total. The Morgan fingerprint density at radius 1 is 1.19 bits per heavy atom. The van der Waals surface area contributed by atoms with Gasteiger partial charge in [-0.1, -0.05) is 40.3 Å². The van der Waals surface area contributed by atoms with Gasteiger partial charge in [0.05, 0.1) is 23.0 Å². The lowest BCUT2D eigenvalue weighted by atomic mass is 9.70. The minimum absolute atomic E-state index is 0.0361. The second-order valence-electron chi connectivity index (χ2n) is 11.4. The Morgan fingerprint density at radius 2 is 1.89 bits per heavy atom. The van der Waals surface area contributed by atoms with Crippen LogP contribution in [0.1, 0.15) is 110 Å². The summed E-state index contributed by atoms with van der Waals surface area (Å²) in [5, 5.41) is 11.4. The molecular formula is C28H33F3N2O3. The maximum absolute atomic E-state index is 13.4. The highest BCUT2D eigenvalue weighted by Crippen LogP contribution is 2.57. The number of hydrogen-bond donors (Lipinski definition) is 1. The summed E-state index contributed by atoms with van der Waals surface area (Å²) >= 11 is 0. The van der Waals surface area contributed by atoms with Crippen LogP contribution in [-0.2, 0) is 27.7 Å². The summed E-state index contributed by atoms with van der Waals surface area (Å²) in [6.45, 7) is 13.1. The average Bonchev–Trinajstić information content (AvgIpc) is 3.10. The van der Waals surface area contributed by atoms with Crippen LogP contribution in [-0.4, -0.2) is 28.3 Å². The largest absolute Gasteiger partial charge is 0.417 e. The molecule has 1 N–H and O–H groups in total. The number of alkyl halides is 3. The molecule has 0 amide bonds. The van der Waals surface area contributed by atoms with E-state index in [1.54, 1.807) is 0 Å². The molecule has 2 unspecified atom stereocenters. The first kappa shape index (κ1) is 25.4. The quantitative estimate of drug-likeness (QED) is 0.527. The van der Waals surface area contributed by atoms with Crippen LogP contribution in [0.25, 0.3) is 6.08 Å². The van der Waals surface area contributed by atoms with E-state index in [4.69, 9.17) is 14.5 Å². The van der Waals surface area contributed by atoms with Gasteiger partial charge in [-0.05, 0) is 41.4 Å². The third-order valence-electron chi connectivity index (χ3n) is 7.76. The summed E-state index contributed by atoms with van der Waals surface area (Å²) in [5.74, 6) is 0.0361. The number of hydrogen-bond acceptors (Lipinski definition) is 5. The number of pyridine rings is 2. The van der Waals surface area contributed by atoms with Crippen molar-refractivity contribution in [3.8, 4) is 0 Å². The van der Waals surface area contributed by atoms with Gasteiger partial charge in [0.15, 0.2) is 0 Å². The van der Waals surface area contributed by atoms with Crippen LogP contribution in [0.4, 0.5) is 13.2 Å². The van der Waals surface area contributed by atoms with Crippen LogP contribution in [0.5, 0.6) is 0 Å². The Bertz CT molecular complexity index is 1200. The minimum atomic E-state index is -4.51. The van der Waals surface area contributed by atoms with Crippen molar-refractivity contribution in [2.75, 3.05) is 13.2 Å². The van der Waals surface area contributed by atoms with Crippen LogP contribution in [0, 0.1) is 5.41 Å². The fraction of sp³-hybridized carbons (Fsp3) is 0.571. The number of rotatable bonds is 3. The third-order valence-corrected chi connectivity index (χ3v) is 7.76. The van der Waals surface area contributed by atoms with E-state index in [0.717, 1.165) is 46.8 Å². The van der Waals surface area contributed by atoms with Gasteiger partial charge in [0.25, 0.3) is 0 Å². The van der Waals surface area contributed by atoms with Crippen molar-refractivity contribution in [3.05, 3.63) is 63.7 Å². The zero-order valence-corrected chi connectivity index (χ0v) is 21.2. The van der Waals surface area contributed by atoms with Crippen molar-refractivity contribution in [3.63, 3.8) is 0 Å². The molecule has 1 aliphatic carbocycles. The highest BCUT2D eigenvalue weighted by molar-refractivity contribution is 5.58. The van der Waals surface area contributed by atoms with Crippen LogP contribution >= 0.6 is 0 Å². The monoisotopic (exact) mass is 502 g/mol. The summed E-state index contributed by atoms with van der Waals surface area (Å²) in [6.07, 6.45) is -1.16. The maximum atomic E-state index is 13.4. The van der Waals surface area contributed by atoms with Gasteiger partial charge < -0.3 is 14.6 Å². The zero-order valence-electron chi connectivity index (χ0n) is 21.2. The van der Waals surface area contributed by atoms with Gasteiger partial charge in [-0.25, -0.2) is 0 Å². The lowest BCUT2D eigenvalue weighted by Crippen LogP contribution is -2.37. The van der Waals surface area contributed by atoms with Gasteiger partial charge in [-0.15, -0.1) is 0 Å². The van der Waals surface area contributed by atoms with Crippen molar-refractivity contribution >= 4 is 6.08 Å². The molecule has 194 valence electrons. The number of aliphatic hydroxyl groups excluding tert-OH is 1. The molecule has 0 bridgehead atoms. The van der Waals surface area contributed by atoms with E-state index in [0.29, 0.717) is 38.2 Å². The van der Waals surface area contributed by atoms with Gasteiger partial charge in [0.1, 0.15) is 6.10 Å². The first-order chi connectivity index (χ1) is 16.9. The van der Waals surface area contributed by atoms with Gasteiger partial charge in [-0.3, -0.25) is 9.97 Å². The molecule has 2 atom stereocenters. The van der Waals surface area contributed by atoms with E-state index in [1.165, 1.54) is 6.08 Å². The summed E-state index contributed by atoms with van der Waals surface area (Å²) in [6, 6.07) is 1.07. The van der Waals surface area contributed by atoms with Crippen molar-refractivity contribution in [1.29, 1.82) is 0 Å². The lowest BCUT2D eigenvalue weighted by Gasteiger charge is -2.40. The molecule has 36 heavy (non-hydrogen) atoms. The van der Waals surface area contributed by atoms with E-state index in [-0.39, 0.29) is 16.9 Å². The molecule has 1 spiro atoms. The van der Waals surface area contributed by atoms with Crippen LogP contribution in [0.15, 0.2) is 18.8 Å². The van der Waals surface area contributed by atoms with Crippen LogP contribution in [0.3, 0.4) is 0 Å². The van der Waals surface area contributed by atoms with Crippen LogP contribution < -0.4 is 0 Å². The number of fused-ring (bicyclic) bond motifs is 4. The smallest absolute Gasteiger partial charge is 0.388 e. The van der Waals surface area contributed by atoms with Gasteiger partial charge in [0, 0.05) is 54.8 Å². The SMILES string of the molecule is C=Cc1cc(C(F)(F)F)cnc1C1OC2(CCOCC2)c2c3c(nc(C(C)C)c21)CC(C)(C)CC3O. The first-order valence-corrected chi connectivity index (χ1v) is 12.6. The molecule has 1 saturated heterocycles. The molecule has 0 aromatic carbocycles. The molecular weight excluding hydrogens is 469 g/mol. The number of aliphatic hydroxyl groups is 1. The Morgan fingerprint density at radius 3 is 2.50 bits per heavy atom. The molecule has 5 rings (SSSR count). The second kappa shape index (κ2) is 8.64. The third kappa shape index (κ3) is 4.07.